The Labute approximate surface area is 79.9 Å². The normalized spacial score (nSPS) is 14.1. The highest BCUT2D eigenvalue weighted by molar-refractivity contribution is 5.23. The summed E-state index contributed by atoms with van der Waals surface area (Å²) in [5, 5.41) is 0. The Bertz CT molecular complexity index is 307. The van der Waals surface area contributed by atoms with E-state index in [-0.39, 0.29) is 18.2 Å². The SMILES string of the molecule is CC(N)Cc1ncccc1C(F)(F)F. The van der Waals surface area contributed by atoms with E-state index in [0.29, 0.717) is 0 Å². The van der Waals surface area contributed by atoms with Gasteiger partial charge in [-0.05, 0) is 19.1 Å². The van der Waals surface area contributed by atoms with Gasteiger partial charge in [-0.3, -0.25) is 4.98 Å². The number of pyridine rings is 1. The minimum atomic E-state index is -4.35. The van der Waals surface area contributed by atoms with Crippen LogP contribution < -0.4 is 5.73 Å². The van der Waals surface area contributed by atoms with Crippen molar-refractivity contribution >= 4 is 0 Å². The highest BCUT2D eigenvalue weighted by atomic mass is 19.4. The highest BCUT2D eigenvalue weighted by Gasteiger charge is 2.33. The van der Waals surface area contributed by atoms with Crippen molar-refractivity contribution in [3.63, 3.8) is 0 Å². The molecule has 78 valence electrons. The molecule has 0 bridgehead atoms. The van der Waals surface area contributed by atoms with Gasteiger partial charge in [0.1, 0.15) is 0 Å². The summed E-state index contributed by atoms with van der Waals surface area (Å²) in [6.45, 7) is 1.65. The van der Waals surface area contributed by atoms with Crippen LogP contribution in [0, 0.1) is 0 Å². The fourth-order valence-electron chi connectivity index (χ4n) is 1.16. The van der Waals surface area contributed by atoms with E-state index in [1.54, 1.807) is 6.92 Å². The minimum Gasteiger partial charge on any atom is -0.328 e. The molecule has 0 aliphatic carbocycles. The van der Waals surface area contributed by atoms with Gasteiger partial charge in [0, 0.05) is 18.7 Å². The lowest BCUT2D eigenvalue weighted by molar-refractivity contribution is -0.138. The molecule has 1 rings (SSSR count). The summed E-state index contributed by atoms with van der Waals surface area (Å²) in [5.41, 5.74) is 4.74. The zero-order valence-electron chi connectivity index (χ0n) is 7.67. The number of hydrogen-bond acceptors (Lipinski definition) is 2. The predicted octanol–water partition coefficient (Wildman–Crippen LogP) is 1.99. The van der Waals surface area contributed by atoms with Crippen LogP contribution in [0.2, 0.25) is 0 Å². The van der Waals surface area contributed by atoms with Crippen LogP contribution >= 0.6 is 0 Å². The molecule has 0 fully saturated rings. The van der Waals surface area contributed by atoms with Crippen molar-refractivity contribution in [3.8, 4) is 0 Å². The first-order chi connectivity index (χ1) is 6.41. The number of hydrogen-bond donors (Lipinski definition) is 1. The van der Waals surface area contributed by atoms with Crippen LogP contribution in [0.5, 0.6) is 0 Å². The lowest BCUT2D eigenvalue weighted by Crippen LogP contribution is -2.21. The standard InChI is InChI=1S/C9H11F3N2/c1-6(13)5-8-7(9(10,11)12)3-2-4-14-8/h2-4,6H,5,13H2,1H3. The molecule has 0 spiro atoms. The molecule has 1 aromatic rings. The summed E-state index contributed by atoms with van der Waals surface area (Å²) in [5.74, 6) is 0. The summed E-state index contributed by atoms with van der Waals surface area (Å²) < 4.78 is 37.3. The number of aromatic nitrogens is 1. The summed E-state index contributed by atoms with van der Waals surface area (Å²) in [6, 6.07) is 1.96. The van der Waals surface area contributed by atoms with Gasteiger partial charge in [-0.15, -0.1) is 0 Å². The fourth-order valence-corrected chi connectivity index (χ4v) is 1.16. The summed E-state index contributed by atoms with van der Waals surface area (Å²) in [6.07, 6.45) is -2.87. The average molecular weight is 204 g/mol. The Morgan fingerprint density at radius 1 is 1.50 bits per heavy atom. The Morgan fingerprint density at radius 2 is 2.14 bits per heavy atom. The summed E-state index contributed by atoms with van der Waals surface area (Å²) in [7, 11) is 0. The maximum Gasteiger partial charge on any atom is 0.418 e. The van der Waals surface area contributed by atoms with E-state index >= 15 is 0 Å². The van der Waals surface area contributed by atoms with Crippen molar-refractivity contribution in [2.45, 2.75) is 25.6 Å². The van der Waals surface area contributed by atoms with Crippen LogP contribution in [-0.2, 0) is 12.6 Å². The lowest BCUT2D eigenvalue weighted by atomic mass is 10.1. The Morgan fingerprint density at radius 3 is 2.64 bits per heavy atom. The van der Waals surface area contributed by atoms with Crippen LogP contribution in [0.3, 0.4) is 0 Å². The predicted molar refractivity (Wildman–Crippen MR) is 46.6 cm³/mol. The molecular weight excluding hydrogens is 193 g/mol. The van der Waals surface area contributed by atoms with Gasteiger partial charge in [0.25, 0.3) is 0 Å². The first kappa shape index (κ1) is 11.0. The van der Waals surface area contributed by atoms with Crippen molar-refractivity contribution < 1.29 is 13.2 Å². The molecule has 5 heteroatoms. The van der Waals surface area contributed by atoms with Gasteiger partial charge in [0.15, 0.2) is 0 Å². The largest absolute Gasteiger partial charge is 0.418 e. The smallest absolute Gasteiger partial charge is 0.328 e. The molecular formula is C9H11F3N2. The van der Waals surface area contributed by atoms with Crippen LogP contribution in [-0.4, -0.2) is 11.0 Å². The van der Waals surface area contributed by atoms with E-state index < -0.39 is 11.7 Å². The molecule has 0 amide bonds. The second-order valence-electron chi connectivity index (χ2n) is 3.18. The lowest BCUT2D eigenvalue weighted by Gasteiger charge is -2.12. The molecule has 0 saturated carbocycles. The zero-order valence-corrected chi connectivity index (χ0v) is 7.67. The quantitative estimate of drug-likeness (QED) is 0.800. The molecule has 1 aromatic heterocycles. The Kier molecular flexibility index (Phi) is 3.10. The molecule has 1 atom stereocenters. The van der Waals surface area contributed by atoms with Gasteiger partial charge in [-0.1, -0.05) is 0 Å². The Balaban J connectivity index is 3.04. The van der Waals surface area contributed by atoms with Gasteiger partial charge < -0.3 is 5.73 Å². The summed E-state index contributed by atoms with van der Waals surface area (Å²) >= 11 is 0. The third-order valence-electron chi connectivity index (χ3n) is 1.71. The molecule has 2 nitrogen and oxygen atoms in total. The van der Waals surface area contributed by atoms with Crippen LogP contribution in [0.1, 0.15) is 18.2 Å². The van der Waals surface area contributed by atoms with E-state index in [4.69, 9.17) is 5.73 Å². The molecule has 2 N–H and O–H groups in total. The Hall–Kier alpha value is -1.10. The van der Waals surface area contributed by atoms with Crippen molar-refractivity contribution in [2.75, 3.05) is 0 Å². The van der Waals surface area contributed by atoms with E-state index in [9.17, 15) is 13.2 Å². The second kappa shape index (κ2) is 3.96. The number of halogens is 3. The van der Waals surface area contributed by atoms with Gasteiger partial charge in [0.05, 0.1) is 11.3 Å². The average Bonchev–Trinajstić information content (AvgIpc) is 2.01. The van der Waals surface area contributed by atoms with E-state index in [1.807, 2.05) is 0 Å². The maximum atomic E-state index is 12.4. The molecule has 0 saturated heterocycles. The van der Waals surface area contributed by atoms with Gasteiger partial charge in [-0.25, -0.2) is 0 Å². The fraction of sp³-hybridized carbons (Fsp3) is 0.444. The topological polar surface area (TPSA) is 38.9 Å². The maximum absolute atomic E-state index is 12.4. The monoisotopic (exact) mass is 204 g/mol. The van der Waals surface area contributed by atoms with E-state index in [1.165, 1.54) is 12.3 Å². The van der Waals surface area contributed by atoms with Crippen LogP contribution in [0.15, 0.2) is 18.3 Å². The van der Waals surface area contributed by atoms with Gasteiger partial charge >= 0.3 is 6.18 Å². The number of alkyl halides is 3. The number of rotatable bonds is 2. The zero-order chi connectivity index (χ0) is 10.8. The van der Waals surface area contributed by atoms with Crippen molar-refractivity contribution in [1.29, 1.82) is 0 Å². The molecule has 1 heterocycles. The van der Waals surface area contributed by atoms with Crippen molar-refractivity contribution in [3.05, 3.63) is 29.6 Å². The first-order valence-corrected chi connectivity index (χ1v) is 4.18. The van der Waals surface area contributed by atoms with Crippen molar-refractivity contribution in [1.82, 2.24) is 4.98 Å². The van der Waals surface area contributed by atoms with E-state index in [2.05, 4.69) is 4.98 Å². The van der Waals surface area contributed by atoms with Gasteiger partial charge in [0.2, 0.25) is 0 Å². The van der Waals surface area contributed by atoms with Crippen LogP contribution in [0.25, 0.3) is 0 Å². The molecule has 1 unspecified atom stereocenters. The molecule has 0 aliphatic heterocycles. The highest BCUT2D eigenvalue weighted by Crippen LogP contribution is 2.31. The third-order valence-corrected chi connectivity index (χ3v) is 1.71. The molecule has 0 radical (unpaired) electrons. The van der Waals surface area contributed by atoms with Crippen molar-refractivity contribution in [2.24, 2.45) is 5.73 Å². The second-order valence-corrected chi connectivity index (χ2v) is 3.18. The van der Waals surface area contributed by atoms with Gasteiger partial charge in [-0.2, -0.15) is 13.2 Å². The third kappa shape index (κ3) is 2.70. The molecule has 0 aromatic carbocycles. The molecule has 14 heavy (non-hydrogen) atoms. The summed E-state index contributed by atoms with van der Waals surface area (Å²) in [4.78, 5) is 3.69. The van der Waals surface area contributed by atoms with Crippen LogP contribution in [0.4, 0.5) is 13.2 Å². The first-order valence-electron chi connectivity index (χ1n) is 4.18. The number of nitrogens with zero attached hydrogens (tertiary/aromatic N) is 1. The minimum absolute atomic E-state index is 0.00926. The molecule has 0 aliphatic rings. The van der Waals surface area contributed by atoms with E-state index in [0.717, 1.165) is 6.07 Å². The number of nitrogens with two attached hydrogens (primary N) is 1.